The monoisotopic (exact) mass is 257 g/mol. The highest BCUT2D eigenvalue weighted by molar-refractivity contribution is 5.70. The van der Waals surface area contributed by atoms with Gasteiger partial charge in [0.25, 0.3) is 0 Å². The second kappa shape index (κ2) is 7.07. The van der Waals surface area contributed by atoms with Gasteiger partial charge in [0, 0.05) is 26.3 Å². The van der Waals surface area contributed by atoms with Gasteiger partial charge in [0.1, 0.15) is 0 Å². The molecule has 2 aliphatic rings. The molecule has 5 nitrogen and oxygen atoms in total. The first-order valence-corrected chi connectivity index (χ1v) is 6.92. The summed E-state index contributed by atoms with van der Waals surface area (Å²) in [5.41, 5.74) is 0. The van der Waals surface area contributed by atoms with E-state index in [1.54, 1.807) is 0 Å². The fourth-order valence-electron chi connectivity index (χ4n) is 2.65. The van der Waals surface area contributed by atoms with E-state index in [0.29, 0.717) is 25.7 Å². The van der Waals surface area contributed by atoms with E-state index < -0.39 is 5.97 Å². The van der Waals surface area contributed by atoms with Gasteiger partial charge in [-0.25, -0.2) is 0 Å². The average molecular weight is 257 g/mol. The summed E-state index contributed by atoms with van der Waals surface area (Å²) in [7, 11) is 0. The molecular formula is C13H23NO4. The van der Waals surface area contributed by atoms with E-state index in [9.17, 15) is 4.79 Å². The SMILES string of the molecule is O=C(O)C1CNCC(OCCCC2CCCO2)C1. The number of carbonyl (C=O) groups is 1. The Hall–Kier alpha value is -0.650. The number of rotatable bonds is 6. The van der Waals surface area contributed by atoms with Crippen molar-refractivity contribution in [2.75, 3.05) is 26.3 Å². The maximum Gasteiger partial charge on any atom is 0.307 e. The predicted molar refractivity (Wildman–Crippen MR) is 66.6 cm³/mol. The van der Waals surface area contributed by atoms with Gasteiger partial charge in [-0.1, -0.05) is 0 Å². The molecule has 2 saturated heterocycles. The topological polar surface area (TPSA) is 67.8 Å². The highest BCUT2D eigenvalue weighted by atomic mass is 16.5. The third kappa shape index (κ3) is 4.23. The number of carboxylic acids is 1. The van der Waals surface area contributed by atoms with Gasteiger partial charge in [0.15, 0.2) is 0 Å². The molecule has 0 spiro atoms. The molecule has 2 heterocycles. The molecule has 3 atom stereocenters. The van der Waals surface area contributed by atoms with Crippen molar-refractivity contribution in [2.45, 2.75) is 44.3 Å². The van der Waals surface area contributed by atoms with Crippen molar-refractivity contribution in [2.24, 2.45) is 5.92 Å². The Kier molecular flexibility index (Phi) is 5.41. The number of ether oxygens (including phenoxy) is 2. The fraction of sp³-hybridized carbons (Fsp3) is 0.923. The van der Waals surface area contributed by atoms with E-state index in [4.69, 9.17) is 14.6 Å². The number of carboxylic acid groups (broad SMARTS) is 1. The Morgan fingerprint density at radius 2 is 2.33 bits per heavy atom. The minimum absolute atomic E-state index is 0.0457. The molecule has 2 rings (SSSR count). The Bertz CT molecular complexity index is 266. The average Bonchev–Trinajstić information content (AvgIpc) is 2.88. The summed E-state index contributed by atoms with van der Waals surface area (Å²) >= 11 is 0. The lowest BCUT2D eigenvalue weighted by molar-refractivity contribution is -0.144. The van der Waals surface area contributed by atoms with Crippen LogP contribution in [0.25, 0.3) is 0 Å². The minimum Gasteiger partial charge on any atom is -0.481 e. The van der Waals surface area contributed by atoms with Crippen molar-refractivity contribution in [3.63, 3.8) is 0 Å². The number of aliphatic carboxylic acids is 1. The Balaban J connectivity index is 1.56. The zero-order chi connectivity index (χ0) is 12.8. The molecule has 5 heteroatoms. The molecule has 0 radical (unpaired) electrons. The highest BCUT2D eigenvalue weighted by Crippen LogP contribution is 2.18. The molecule has 0 aromatic carbocycles. The molecule has 104 valence electrons. The van der Waals surface area contributed by atoms with E-state index in [2.05, 4.69) is 5.32 Å². The van der Waals surface area contributed by atoms with Crippen LogP contribution in [0.15, 0.2) is 0 Å². The van der Waals surface area contributed by atoms with E-state index >= 15 is 0 Å². The molecule has 0 saturated carbocycles. The molecular weight excluding hydrogens is 234 g/mol. The standard InChI is InChI=1S/C13H23NO4/c15-13(16)10-7-12(9-14-8-10)18-6-2-4-11-3-1-5-17-11/h10-12,14H,1-9H2,(H,15,16). The van der Waals surface area contributed by atoms with Crippen LogP contribution >= 0.6 is 0 Å². The van der Waals surface area contributed by atoms with E-state index in [1.807, 2.05) is 0 Å². The zero-order valence-corrected chi connectivity index (χ0v) is 10.8. The molecule has 0 bridgehead atoms. The number of piperidine rings is 1. The van der Waals surface area contributed by atoms with Crippen LogP contribution in [-0.2, 0) is 14.3 Å². The van der Waals surface area contributed by atoms with Crippen LogP contribution in [0.4, 0.5) is 0 Å². The molecule has 2 aliphatic heterocycles. The minimum atomic E-state index is -0.727. The van der Waals surface area contributed by atoms with Gasteiger partial charge in [0.05, 0.1) is 18.1 Å². The lowest BCUT2D eigenvalue weighted by Crippen LogP contribution is -2.43. The molecule has 2 N–H and O–H groups in total. The van der Waals surface area contributed by atoms with Gasteiger partial charge >= 0.3 is 5.97 Å². The normalized spacial score (nSPS) is 32.6. The maximum atomic E-state index is 10.9. The number of hydrogen-bond donors (Lipinski definition) is 2. The highest BCUT2D eigenvalue weighted by Gasteiger charge is 2.27. The van der Waals surface area contributed by atoms with Gasteiger partial charge < -0.3 is 19.9 Å². The third-order valence-electron chi connectivity index (χ3n) is 3.71. The second-order valence-corrected chi connectivity index (χ2v) is 5.20. The van der Waals surface area contributed by atoms with Crippen LogP contribution in [0, 0.1) is 5.92 Å². The van der Waals surface area contributed by atoms with Crippen molar-refractivity contribution in [3.8, 4) is 0 Å². The lowest BCUT2D eigenvalue weighted by atomic mass is 9.98. The van der Waals surface area contributed by atoms with Crippen molar-refractivity contribution in [3.05, 3.63) is 0 Å². The van der Waals surface area contributed by atoms with E-state index in [0.717, 1.165) is 26.0 Å². The van der Waals surface area contributed by atoms with Crippen LogP contribution in [0.2, 0.25) is 0 Å². The number of nitrogens with one attached hydrogen (secondary N) is 1. The van der Waals surface area contributed by atoms with Gasteiger partial charge in [-0.2, -0.15) is 0 Å². The second-order valence-electron chi connectivity index (χ2n) is 5.20. The summed E-state index contributed by atoms with van der Waals surface area (Å²) < 4.78 is 11.3. The van der Waals surface area contributed by atoms with Gasteiger partial charge in [-0.15, -0.1) is 0 Å². The zero-order valence-electron chi connectivity index (χ0n) is 10.8. The molecule has 2 fully saturated rings. The van der Waals surface area contributed by atoms with Crippen molar-refractivity contribution in [1.82, 2.24) is 5.32 Å². The molecule has 18 heavy (non-hydrogen) atoms. The third-order valence-corrected chi connectivity index (χ3v) is 3.71. The van der Waals surface area contributed by atoms with Crippen molar-refractivity contribution < 1.29 is 19.4 Å². The Morgan fingerprint density at radius 3 is 3.06 bits per heavy atom. The van der Waals surface area contributed by atoms with Crippen LogP contribution in [0.1, 0.15) is 32.1 Å². The molecule has 0 aliphatic carbocycles. The van der Waals surface area contributed by atoms with Crippen molar-refractivity contribution in [1.29, 1.82) is 0 Å². The largest absolute Gasteiger partial charge is 0.481 e. The summed E-state index contributed by atoms with van der Waals surface area (Å²) in [6, 6.07) is 0. The van der Waals surface area contributed by atoms with E-state index in [-0.39, 0.29) is 12.0 Å². The summed E-state index contributed by atoms with van der Waals surface area (Å²) in [5, 5.41) is 12.1. The summed E-state index contributed by atoms with van der Waals surface area (Å²) in [5.74, 6) is -1.03. The summed E-state index contributed by atoms with van der Waals surface area (Å²) in [6.45, 7) is 2.94. The number of hydrogen-bond acceptors (Lipinski definition) is 4. The van der Waals surface area contributed by atoms with Crippen LogP contribution < -0.4 is 5.32 Å². The van der Waals surface area contributed by atoms with Crippen LogP contribution in [0.5, 0.6) is 0 Å². The maximum absolute atomic E-state index is 10.9. The first kappa shape index (κ1) is 13.8. The first-order valence-electron chi connectivity index (χ1n) is 6.92. The molecule has 0 aromatic rings. The van der Waals surface area contributed by atoms with E-state index in [1.165, 1.54) is 12.8 Å². The molecule has 0 aromatic heterocycles. The van der Waals surface area contributed by atoms with Crippen LogP contribution in [0.3, 0.4) is 0 Å². The summed E-state index contributed by atoms with van der Waals surface area (Å²) in [4.78, 5) is 10.9. The van der Waals surface area contributed by atoms with Crippen LogP contribution in [-0.4, -0.2) is 49.6 Å². The Morgan fingerprint density at radius 1 is 1.44 bits per heavy atom. The quantitative estimate of drug-likeness (QED) is 0.695. The van der Waals surface area contributed by atoms with Gasteiger partial charge in [0.2, 0.25) is 0 Å². The lowest BCUT2D eigenvalue weighted by Gasteiger charge is -2.27. The smallest absolute Gasteiger partial charge is 0.307 e. The van der Waals surface area contributed by atoms with Gasteiger partial charge in [-0.3, -0.25) is 4.79 Å². The fourth-order valence-corrected chi connectivity index (χ4v) is 2.65. The summed E-state index contributed by atoms with van der Waals surface area (Å²) in [6.07, 6.45) is 5.50. The first-order chi connectivity index (χ1) is 8.75. The van der Waals surface area contributed by atoms with Gasteiger partial charge in [-0.05, 0) is 32.1 Å². The molecule has 0 amide bonds. The molecule has 3 unspecified atom stereocenters. The Labute approximate surface area is 108 Å². The van der Waals surface area contributed by atoms with Crippen molar-refractivity contribution >= 4 is 5.97 Å². The predicted octanol–water partition coefficient (Wildman–Crippen LogP) is 1.02.